The Morgan fingerprint density at radius 1 is 1.21 bits per heavy atom. The lowest BCUT2D eigenvalue weighted by atomic mass is 9.86. The summed E-state index contributed by atoms with van der Waals surface area (Å²) in [6.07, 6.45) is 1.16. The summed E-state index contributed by atoms with van der Waals surface area (Å²) in [5.41, 5.74) is 2.10. The Morgan fingerprint density at radius 2 is 1.79 bits per heavy atom. The Hall–Kier alpha value is -0.690. The van der Waals surface area contributed by atoms with E-state index in [0.29, 0.717) is 11.4 Å². The van der Waals surface area contributed by atoms with Crippen LogP contribution in [0.25, 0.3) is 0 Å². The van der Waals surface area contributed by atoms with E-state index in [4.69, 9.17) is 44.3 Å². The zero-order valence-corrected chi connectivity index (χ0v) is 17.2. The highest BCUT2D eigenvalue weighted by Crippen LogP contribution is 2.39. The Morgan fingerprint density at radius 3 is 2.25 bits per heavy atom. The van der Waals surface area contributed by atoms with Crippen molar-refractivity contribution < 1.29 is 14.3 Å². The molecule has 0 aliphatic rings. The number of hydrogen-bond donors (Lipinski definition) is 2. The molecule has 1 amide bonds. The van der Waals surface area contributed by atoms with Crippen LogP contribution < -0.4 is 14.8 Å². The normalized spacial score (nSPS) is 11.8. The minimum Gasteiger partial charge on any atom is -0.492 e. The second-order valence-corrected chi connectivity index (χ2v) is 9.11. The SMILES string of the molecule is COc1c(NSC)cc(C(C)(C)C)cc1NC(=O)OCC(Cl)(Cl)Cl. The van der Waals surface area contributed by atoms with E-state index in [9.17, 15) is 4.79 Å². The summed E-state index contributed by atoms with van der Waals surface area (Å²) < 4.78 is 11.8. The number of anilines is 2. The van der Waals surface area contributed by atoms with Gasteiger partial charge in [0.1, 0.15) is 6.61 Å². The number of methoxy groups -OCH3 is 1. The summed E-state index contributed by atoms with van der Waals surface area (Å²) in [5, 5.41) is 2.63. The molecule has 0 heterocycles. The second-order valence-electron chi connectivity index (χ2n) is 5.98. The van der Waals surface area contributed by atoms with Gasteiger partial charge in [0.25, 0.3) is 0 Å². The first-order valence-electron chi connectivity index (χ1n) is 7.00. The van der Waals surface area contributed by atoms with E-state index in [2.05, 4.69) is 30.8 Å². The molecule has 136 valence electrons. The van der Waals surface area contributed by atoms with E-state index < -0.39 is 9.89 Å². The van der Waals surface area contributed by atoms with Gasteiger partial charge in [-0.15, -0.1) is 0 Å². The van der Waals surface area contributed by atoms with E-state index in [1.165, 1.54) is 19.1 Å². The summed E-state index contributed by atoms with van der Waals surface area (Å²) in [6.45, 7) is 5.86. The molecule has 24 heavy (non-hydrogen) atoms. The Kier molecular flexibility index (Phi) is 7.66. The van der Waals surface area contributed by atoms with Crippen LogP contribution in [-0.2, 0) is 10.2 Å². The number of rotatable bonds is 5. The van der Waals surface area contributed by atoms with Gasteiger partial charge in [0, 0.05) is 6.26 Å². The summed E-state index contributed by atoms with van der Waals surface area (Å²) in [5.74, 6) is 0.489. The van der Waals surface area contributed by atoms with Crippen molar-refractivity contribution in [3.63, 3.8) is 0 Å². The molecule has 0 radical (unpaired) electrons. The molecule has 1 aromatic rings. The number of carbonyl (C=O) groups excluding carboxylic acids is 1. The second kappa shape index (κ2) is 8.61. The number of alkyl halides is 3. The van der Waals surface area contributed by atoms with Gasteiger partial charge in [0.2, 0.25) is 3.79 Å². The molecule has 0 aliphatic heterocycles. The molecule has 0 fully saturated rings. The summed E-state index contributed by atoms with van der Waals surface area (Å²) in [7, 11) is 1.52. The maximum Gasteiger partial charge on any atom is 0.411 e. The van der Waals surface area contributed by atoms with Crippen molar-refractivity contribution in [3.05, 3.63) is 17.7 Å². The largest absolute Gasteiger partial charge is 0.492 e. The van der Waals surface area contributed by atoms with Crippen molar-refractivity contribution in [1.82, 2.24) is 0 Å². The van der Waals surface area contributed by atoms with Crippen LogP contribution in [0.15, 0.2) is 12.1 Å². The molecule has 0 unspecified atom stereocenters. The maximum absolute atomic E-state index is 12.0. The molecule has 0 aromatic heterocycles. The number of hydrogen-bond acceptors (Lipinski definition) is 5. The molecule has 1 rings (SSSR count). The first-order chi connectivity index (χ1) is 11.0. The van der Waals surface area contributed by atoms with Gasteiger partial charge < -0.3 is 14.2 Å². The number of carbonyl (C=O) groups is 1. The van der Waals surface area contributed by atoms with Crippen LogP contribution >= 0.6 is 46.8 Å². The van der Waals surface area contributed by atoms with Crippen molar-refractivity contribution in [2.75, 3.05) is 30.0 Å². The Labute approximate surface area is 161 Å². The lowest BCUT2D eigenvalue weighted by Gasteiger charge is -2.23. The first-order valence-corrected chi connectivity index (χ1v) is 9.36. The fraction of sp³-hybridized carbons (Fsp3) is 0.533. The molecule has 2 N–H and O–H groups in total. The van der Waals surface area contributed by atoms with Crippen LogP contribution in [0.2, 0.25) is 0 Å². The number of halogens is 3. The minimum absolute atomic E-state index is 0.126. The predicted octanol–water partition coefficient (Wildman–Crippen LogP) is 5.60. The lowest BCUT2D eigenvalue weighted by Crippen LogP contribution is -2.22. The maximum atomic E-state index is 12.0. The van der Waals surface area contributed by atoms with Crippen molar-refractivity contribution in [2.24, 2.45) is 0 Å². The van der Waals surface area contributed by atoms with Crippen molar-refractivity contribution >= 4 is 64.2 Å². The monoisotopic (exact) mass is 414 g/mol. The van der Waals surface area contributed by atoms with Gasteiger partial charge in [-0.1, -0.05) is 67.5 Å². The van der Waals surface area contributed by atoms with E-state index in [1.54, 1.807) is 0 Å². The molecular formula is C15H21Cl3N2O3S. The van der Waals surface area contributed by atoms with Gasteiger partial charge in [-0.05, 0) is 23.1 Å². The van der Waals surface area contributed by atoms with Crippen molar-refractivity contribution in [2.45, 2.75) is 30.0 Å². The summed E-state index contributed by atoms with van der Waals surface area (Å²) in [6, 6.07) is 3.81. The van der Waals surface area contributed by atoms with Crippen LogP contribution in [0.5, 0.6) is 5.75 Å². The topological polar surface area (TPSA) is 59.6 Å². The van der Waals surface area contributed by atoms with Gasteiger partial charge in [-0.3, -0.25) is 5.32 Å². The van der Waals surface area contributed by atoms with Crippen molar-refractivity contribution in [1.29, 1.82) is 0 Å². The van der Waals surface area contributed by atoms with E-state index in [-0.39, 0.29) is 12.0 Å². The molecular weight excluding hydrogens is 395 g/mol. The molecule has 0 bridgehead atoms. The van der Waals surface area contributed by atoms with Crippen LogP contribution in [0, 0.1) is 0 Å². The van der Waals surface area contributed by atoms with Gasteiger partial charge in [0.15, 0.2) is 5.75 Å². The zero-order chi connectivity index (χ0) is 18.5. The molecule has 1 aromatic carbocycles. The summed E-state index contributed by atoms with van der Waals surface area (Å²) in [4.78, 5) is 12.0. The van der Waals surface area contributed by atoms with Crippen LogP contribution in [-0.4, -0.2) is 29.9 Å². The lowest BCUT2D eigenvalue weighted by molar-refractivity contribution is 0.164. The average Bonchev–Trinajstić information content (AvgIpc) is 2.43. The number of amides is 1. The quantitative estimate of drug-likeness (QED) is 0.484. The standard InChI is InChI=1S/C15H21Cl3N2O3S/c1-14(2,3)9-6-10(12(22-4)11(7-9)20-24-5)19-13(21)23-8-15(16,17)18/h6-7,20H,8H2,1-5H3,(H,19,21). The molecule has 9 heteroatoms. The molecule has 0 saturated heterocycles. The number of benzene rings is 1. The van der Waals surface area contributed by atoms with Crippen molar-refractivity contribution in [3.8, 4) is 5.75 Å². The van der Waals surface area contributed by atoms with E-state index >= 15 is 0 Å². The van der Waals surface area contributed by atoms with Crippen LogP contribution in [0.4, 0.5) is 16.2 Å². The molecule has 5 nitrogen and oxygen atoms in total. The van der Waals surface area contributed by atoms with Gasteiger partial charge in [-0.25, -0.2) is 4.79 Å². The third-order valence-corrected chi connectivity index (χ3v) is 3.73. The average molecular weight is 416 g/mol. The summed E-state index contributed by atoms with van der Waals surface area (Å²) >= 11 is 18.2. The highest BCUT2D eigenvalue weighted by atomic mass is 35.6. The molecule has 0 spiro atoms. The Balaban J connectivity index is 3.14. The van der Waals surface area contributed by atoms with Gasteiger partial charge in [-0.2, -0.15) is 0 Å². The zero-order valence-electron chi connectivity index (χ0n) is 14.1. The number of ether oxygens (including phenoxy) is 2. The first kappa shape index (κ1) is 21.4. The smallest absolute Gasteiger partial charge is 0.411 e. The van der Waals surface area contributed by atoms with E-state index in [1.807, 2.05) is 18.4 Å². The Bertz CT molecular complexity index is 587. The number of nitrogens with one attached hydrogen (secondary N) is 2. The third-order valence-electron chi connectivity index (χ3n) is 2.97. The predicted molar refractivity (Wildman–Crippen MR) is 104 cm³/mol. The fourth-order valence-electron chi connectivity index (χ4n) is 1.85. The molecule has 0 atom stereocenters. The fourth-order valence-corrected chi connectivity index (χ4v) is 2.39. The highest BCUT2D eigenvalue weighted by molar-refractivity contribution is 7.99. The van der Waals surface area contributed by atoms with Crippen LogP contribution in [0.3, 0.4) is 0 Å². The molecule has 0 aliphatic carbocycles. The van der Waals surface area contributed by atoms with Gasteiger partial charge >= 0.3 is 6.09 Å². The third kappa shape index (κ3) is 6.67. The van der Waals surface area contributed by atoms with Crippen LogP contribution in [0.1, 0.15) is 26.3 Å². The van der Waals surface area contributed by atoms with E-state index in [0.717, 1.165) is 11.3 Å². The minimum atomic E-state index is -1.67. The van der Waals surface area contributed by atoms with Gasteiger partial charge in [0.05, 0.1) is 18.5 Å². The highest BCUT2D eigenvalue weighted by Gasteiger charge is 2.24. The molecule has 0 saturated carbocycles.